The molecule has 10 radical (unpaired) electrons. The number of aryl methyl sites for hydroxylation is 1. The molecule has 7 rings (SSSR count). The van der Waals surface area contributed by atoms with Gasteiger partial charge in [-0.3, -0.25) is 0 Å². The first-order chi connectivity index (χ1) is 23.1. The van der Waals surface area contributed by atoms with Gasteiger partial charge in [0.15, 0.2) is 5.82 Å². The predicted molar refractivity (Wildman–Crippen MR) is 197 cm³/mol. The van der Waals surface area contributed by atoms with Crippen LogP contribution in [0.1, 0.15) is 29.5 Å². The van der Waals surface area contributed by atoms with E-state index in [4.69, 9.17) is 4.98 Å². The van der Waals surface area contributed by atoms with E-state index in [0.29, 0.717) is 12.3 Å². The van der Waals surface area contributed by atoms with Gasteiger partial charge in [0, 0.05) is 61.4 Å². The van der Waals surface area contributed by atoms with Crippen molar-refractivity contribution in [1.82, 2.24) is 24.5 Å². The molecular weight excluding hydrogens is 704 g/mol. The van der Waals surface area contributed by atoms with Crippen LogP contribution >= 0.6 is 15.9 Å². The summed E-state index contributed by atoms with van der Waals surface area (Å²) in [5.74, 6) is 2.56. The van der Waals surface area contributed by atoms with Gasteiger partial charge in [-0.05, 0) is 139 Å². The molecule has 9 heteroatoms. The van der Waals surface area contributed by atoms with Gasteiger partial charge < -0.3 is 29.9 Å². The summed E-state index contributed by atoms with van der Waals surface area (Å²) in [4.78, 5) is 10.2. The number of phenols is 1. The van der Waals surface area contributed by atoms with E-state index >= 15 is 0 Å². The zero-order valence-electron chi connectivity index (χ0n) is 27.6. The van der Waals surface area contributed by atoms with Gasteiger partial charge in [-0.25, -0.2) is 4.98 Å². The third kappa shape index (κ3) is 9.76. The summed E-state index contributed by atoms with van der Waals surface area (Å²) in [6.45, 7) is 11.4. The third-order valence-electron chi connectivity index (χ3n) is 8.89. The van der Waals surface area contributed by atoms with E-state index < -0.39 is 0 Å². The zero-order valence-corrected chi connectivity index (χ0v) is 30.3. The molecule has 3 heterocycles. The average Bonchev–Trinajstić information content (AvgIpc) is 3.89. The number of fused-ring (bicyclic) bond motifs is 3. The van der Waals surface area contributed by atoms with Crippen molar-refractivity contribution in [3.05, 3.63) is 134 Å². The Morgan fingerprint density at radius 1 is 0.833 bits per heavy atom. The molecule has 3 fully saturated rings. The van der Waals surface area contributed by atoms with Crippen LogP contribution in [0.5, 0.6) is 5.75 Å². The molecule has 2 aromatic heterocycles. The van der Waals surface area contributed by atoms with E-state index in [1.165, 1.54) is 17.0 Å². The normalized spacial score (nSPS) is 17.5. The van der Waals surface area contributed by atoms with Crippen molar-refractivity contribution in [1.29, 1.82) is 0 Å². The molecule has 0 atom stereocenters. The number of hydrogen-bond acceptors (Lipinski definition) is 6. The molecule has 0 unspecified atom stereocenters. The summed E-state index contributed by atoms with van der Waals surface area (Å²) in [6.07, 6.45) is 23.0. The minimum absolute atomic E-state index is 0. The molecule has 0 bridgehead atoms. The number of rotatable bonds is 12. The second-order valence-corrected chi connectivity index (χ2v) is 13.2. The molecule has 3 N–H and O–H groups in total. The van der Waals surface area contributed by atoms with E-state index in [9.17, 15) is 5.11 Å². The first kappa shape index (κ1) is 37.1. The van der Waals surface area contributed by atoms with Crippen molar-refractivity contribution >= 4 is 38.3 Å². The molecule has 1 saturated heterocycles. The second-order valence-electron chi connectivity index (χ2n) is 12.3. The quantitative estimate of drug-likeness (QED) is 0.112. The molecule has 2 aromatic carbocycles. The molecule has 2 saturated carbocycles. The minimum Gasteiger partial charge on any atom is -0.508 e. The summed E-state index contributed by atoms with van der Waals surface area (Å²) in [5, 5.41) is 17.2. The first-order valence-corrected chi connectivity index (χ1v) is 17.5. The predicted octanol–water partition coefficient (Wildman–Crippen LogP) is 6.64. The second kappa shape index (κ2) is 18.7. The number of nitrogens with zero attached hydrogens (tertiary/aromatic N) is 4. The fourth-order valence-electron chi connectivity index (χ4n) is 6.43. The number of nitrogens with one attached hydrogen (secondary N) is 2. The number of aromatic hydroxyl groups is 1. The fourth-order valence-corrected chi connectivity index (χ4v) is 6.84. The van der Waals surface area contributed by atoms with Gasteiger partial charge in [0.25, 0.3) is 0 Å². The maximum atomic E-state index is 10.0. The van der Waals surface area contributed by atoms with Crippen LogP contribution in [0.15, 0.2) is 53.1 Å². The molecule has 2 aliphatic carbocycles. The average molecular weight is 750 g/mol. The SMILES string of the molecule is Cc1cn2c(c(NCCCN3CCN(CCCNCc4cc(Br)ccc4O)CC3)nc3ccccc32)c1[C]1[CH][CH][CH][CH]1.[CH]1[CH][CH][CH][CH]1.[Fe+2]. The van der Waals surface area contributed by atoms with Crippen LogP contribution in [0.2, 0.25) is 0 Å². The van der Waals surface area contributed by atoms with Gasteiger partial charge in [-0.2, -0.15) is 0 Å². The summed E-state index contributed by atoms with van der Waals surface area (Å²) >= 11 is 3.48. The molecule has 0 amide bonds. The van der Waals surface area contributed by atoms with E-state index in [1.807, 2.05) is 44.2 Å². The van der Waals surface area contributed by atoms with Crippen LogP contribution in [-0.2, 0) is 23.6 Å². The number of piperazine rings is 1. The number of para-hydroxylation sites is 2. The molecular formula is C39H45BrFeN6O+2. The molecule has 0 spiro atoms. The third-order valence-corrected chi connectivity index (χ3v) is 9.39. The van der Waals surface area contributed by atoms with Crippen LogP contribution < -0.4 is 10.6 Å². The molecule has 48 heavy (non-hydrogen) atoms. The van der Waals surface area contributed by atoms with Gasteiger partial charge in [-0.15, -0.1) is 0 Å². The van der Waals surface area contributed by atoms with Crippen molar-refractivity contribution in [3.8, 4) is 5.75 Å². The van der Waals surface area contributed by atoms with Gasteiger partial charge >= 0.3 is 17.1 Å². The standard InChI is InChI=1S/C34H40BrN6O.C5H5.Fe/c1-25-24-41-30-11-5-4-10-29(30)38-34(33(41)32(25)26-8-2-3-9-26)37-15-7-17-40-20-18-39(19-21-40)16-6-14-36-23-27-22-28(35)12-13-31(27)42;1-2-4-5-3-1;/h2-5,8-13,22,24,36,42H,6-7,14-21,23H2,1H3,(H,37,38);1-5H;/q;;+2. The van der Waals surface area contributed by atoms with Crippen LogP contribution in [0.3, 0.4) is 0 Å². The summed E-state index contributed by atoms with van der Waals surface area (Å²) in [6, 6.07) is 14.0. The number of benzene rings is 2. The van der Waals surface area contributed by atoms with E-state index in [0.717, 1.165) is 97.6 Å². The Kier molecular flexibility index (Phi) is 14.5. The van der Waals surface area contributed by atoms with Crippen molar-refractivity contribution in [3.63, 3.8) is 0 Å². The Bertz CT molecular complexity index is 1570. The van der Waals surface area contributed by atoms with Crippen LogP contribution in [0.4, 0.5) is 5.82 Å². The number of aromatic nitrogens is 2. The van der Waals surface area contributed by atoms with Crippen molar-refractivity contribution in [2.45, 2.75) is 26.3 Å². The molecule has 1 aliphatic heterocycles. The molecule has 3 aliphatic rings. The number of hydrogen-bond donors (Lipinski definition) is 3. The van der Waals surface area contributed by atoms with E-state index in [1.54, 1.807) is 6.07 Å². The molecule has 7 nitrogen and oxygen atoms in total. The Morgan fingerprint density at radius 2 is 1.48 bits per heavy atom. The smallest absolute Gasteiger partial charge is 0.508 e. The van der Waals surface area contributed by atoms with Crippen LogP contribution in [-0.4, -0.2) is 76.6 Å². The Balaban J connectivity index is 0.000000689. The summed E-state index contributed by atoms with van der Waals surface area (Å²) in [5.41, 5.74) is 6.76. The Morgan fingerprint density at radius 3 is 2.17 bits per heavy atom. The zero-order chi connectivity index (χ0) is 32.4. The number of phenolic OH excluding ortho intramolecular Hbond substituents is 1. The maximum absolute atomic E-state index is 10.0. The number of halogens is 1. The largest absolute Gasteiger partial charge is 2.00 e. The number of anilines is 1. The first-order valence-electron chi connectivity index (χ1n) is 16.7. The van der Waals surface area contributed by atoms with Gasteiger partial charge in [0.05, 0.1) is 16.6 Å². The van der Waals surface area contributed by atoms with Gasteiger partial charge in [-0.1, -0.05) is 28.1 Å². The van der Waals surface area contributed by atoms with Crippen LogP contribution in [0.25, 0.3) is 16.6 Å². The summed E-state index contributed by atoms with van der Waals surface area (Å²) < 4.78 is 3.30. The minimum atomic E-state index is 0. The monoisotopic (exact) mass is 748 g/mol. The van der Waals surface area contributed by atoms with E-state index in [2.05, 4.69) is 104 Å². The van der Waals surface area contributed by atoms with Crippen molar-refractivity contribution in [2.75, 3.05) is 57.7 Å². The van der Waals surface area contributed by atoms with Gasteiger partial charge in [0.2, 0.25) is 0 Å². The Hall–Kier alpha value is -2.13. The molecule has 4 aromatic rings. The van der Waals surface area contributed by atoms with Crippen molar-refractivity contribution < 1.29 is 22.2 Å². The molecule has 250 valence electrons. The van der Waals surface area contributed by atoms with Gasteiger partial charge in [0.1, 0.15) is 5.75 Å². The van der Waals surface area contributed by atoms with E-state index in [-0.39, 0.29) is 17.1 Å². The fraction of sp³-hybridized carbons (Fsp3) is 0.308. The maximum Gasteiger partial charge on any atom is 2.00 e. The van der Waals surface area contributed by atoms with Crippen LogP contribution in [0, 0.1) is 70.6 Å². The summed E-state index contributed by atoms with van der Waals surface area (Å²) in [7, 11) is 0. The topological polar surface area (TPSA) is 68.1 Å². The van der Waals surface area contributed by atoms with Crippen molar-refractivity contribution in [2.24, 2.45) is 0 Å². The Labute approximate surface area is 306 Å².